The van der Waals surface area contributed by atoms with E-state index in [1.54, 1.807) is 21.5 Å². The minimum atomic E-state index is -1.79. The Bertz CT molecular complexity index is 2020. The van der Waals surface area contributed by atoms with E-state index < -0.39 is 48.1 Å². The maximum absolute atomic E-state index is 2.81. The summed E-state index contributed by atoms with van der Waals surface area (Å²) in [5.41, 5.74) is 0. The standard InChI is InChI=1S/C44H58Si6/c1-47(2,3)43(48(4,5)6)29-30-44(49(7,8)9,50(10,11)12)46(42-39-27-19-15-23-35(39)32-36-24-16-20-28-40(36)42)45(43)41-37-25-17-13-21-33(37)31-34-22-14-18-26-38(34)41/h13-28,31-32H,29-30H2,1-12H3. The molecule has 0 radical (unpaired) electrons. The van der Waals surface area contributed by atoms with Crippen LogP contribution in [-0.4, -0.2) is 48.1 Å². The first-order valence-corrected chi connectivity index (χ1v) is 36.9. The number of rotatable bonds is 6. The van der Waals surface area contributed by atoms with Gasteiger partial charge < -0.3 is 0 Å². The predicted molar refractivity (Wildman–Crippen MR) is 242 cm³/mol. The first-order valence-electron chi connectivity index (χ1n) is 18.9. The van der Waals surface area contributed by atoms with Gasteiger partial charge >= 0.3 is 0 Å². The highest BCUT2D eigenvalue weighted by Gasteiger charge is 2.65. The third kappa shape index (κ3) is 5.18. The highest BCUT2D eigenvalue weighted by Crippen LogP contribution is 2.62. The molecule has 6 aromatic rings. The van der Waals surface area contributed by atoms with Crippen LogP contribution in [0.5, 0.6) is 0 Å². The van der Waals surface area contributed by atoms with Crippen molar-refractivity contribution < 1.29 is 0 Å². The van der Waals surface area contributed by atoms with Gasteiger partial charge in [-0.3, -0.25) is 0 Å². The van der Waals surface area contributed by atoms with E-state index in [1.807, 2.05) is 10.4 Å². The highest BCUT2D eigenvalue weighted by atomic mass is 28.9. The molecule has 0 aromatic heterocycles. The lowest BCUT2D eigenvalue weighted by Gasteiger charge is -2.65. The smallest absolute Gasteiger partial charge is 0.0485 e. The van der Waals surface area contributed by atoms with Gasteiger partial charge in [-0.15, -0.1) is 0 Å². The molecule has 7 rings (SSSR count). The van der Waals surface area contributed by atoms with E-state index in [4.69, 9.17) is 0 Å². The SMILES string of the molecule is C[Si](C)(C)C1([Si](C)(C)C)CCC([Si](C)(C)C)([Si](C)(C)C)[Si](c2c3ccccc3cc3ccccc23)=[Si]1c1c2ccccc2cc2ccccc12. The van der Waals surface area contributed by atoms with Gasteiger partial charge in [-0.2, -0.15) is 0 Å². The van der Waals surface area contributed by atoms with E-state index in [-0.39, 0.29) is 0 Å². The summed E-state index contributed by atoms with van der Waals surface area (Å²) in [6, 6.07) is 43.4. The van der Waals surface area contributed by atoms with Gasteiger partial charge in [-0.25, -0.2) is 0 Å². The minimum absolute atomic E-state index is 0.423. The lowest BCUT2D eigenvalue weighted by molar-refractivity contribution is 0.678. The van der Waals surface area contributed by atoms with E-state index in [2.05, 4.69) is 188 Å². The van der Waals surface area contributed by atoms with Gasteiger partial charge in [-0.05, 0) is 74.2 Å². The molecule has 0 bridgehead atoms. The zero-order valence-corrected chi connectivity index (χ0v) is 38.8. The molecule has 0 fully saturated rings. The van der Waals surface area contributed by atoms with Gasteiger partial charge in [0.05, 0.1) is 0 Å². The van der Waals surface area contributed by atoms with Crippen LogP contribution >= 0.6 is 0 Å². The second-order valence-corrected chi connectivity index (χ2v) is 51.1. The Morgan fingerprint density at radius 3 is 0.800 bits per heavy atom. The van der Waals surface area contributed by atoms with Crippen LogP contribution in [0.4, 0.5) is 0 Å². The molecule has 1 aliphatic heterocycles. The van der Waals surface area contributed by atoms with Gasteiger partial charge in [0.15, 0.2) is 0 Å². The lowest BCUT2D eigenvalue weighted by Crippen LogP contribution is -2.74. The van der Waals surface area contributed by atoms with Crippen LogP contribution in [0.3, 0.4) is 0 Å². The molecule has 0 saturated carbocycles. The van der Waals surface area contributed by atoms with Gasteiger partial charge in [0.1, 0.15) is 0 Å². The Morgan fingerprint density at radius 1 is 0.360 bits per heavy atom. The normalized spacial score (nSPS) is 17.3. The van der Waals surface area contributed by atoms with Gasteiger partial charge in [0.2, 0.25) is 0 Å². The van der Waals surface area contributed by atoms with Crippen LogP contribution < -0.4 is 10.4 Å². The highest BCUT2D eigenvalue weighted by molar-refractivity contribution is 7.31. The molecule has 1 aliphatic rings. The van der Waals surface area contributed by atoms with Crippen molar-refractivity contribution in [2.45, 2.75) is 100.0 Å². The van der Waals surface area contributed by atoms with Crippen LogP contribution in [0.15, 0.2) is 109 Å². The van der Waals surface area contributed by atoms with Crippen LogP contribution in [0, 0.1) is 0 Å². The summed E-state index contributed by atoms with van der Waals surface area (Å²) in [6.07, 6.45) is 2.88. The fourth-order valence-electron chi connectivity index (χ4n) is 11.5. The summed E-state index contributed by atoms with van der Waals surface area (Å²) in [7, 11) is -9.63. The van der Waals surface area contributed by atoms with E-state index in [0.29, 0.717) is 8.57 Å². The topological polar surface area (TPSA) is 0 Å². The number of benzene rings is 6. The second kappa shape index (κ2) is 12.1. The van der Waals surface area contributed by atoms with E-state index >= 15 is 0 Å². The molecule has 258 valence electrons. The second-order valence-electron chi connectivity index (χ2n) is 19.4. The summed E-state index contributed by atoms with van der Waals surface area (Å²) >= 11 is 0. The Kier molecular flexibility index (Phi) is 8.72. The maximum atomic E-state index is 2.81. The average molecular weight is 755 g/mol. The van der Waals surface area contributed by atoms with Crippen molar-refractivity contribution in [2.75, 3.05) is 0 Å². The largest absolute Gasteiger partial charge is 0.0693 e. The van der Waals surface area contributed by atoms with Crippen molar-refractivity contribution >= 4 is 102 Å². The molecule has 50 heavy (non-hydrogen) atoms. The molecule has 0 atom stereocenters. The molecule has 0 amide bonds. The number of hydrogen-bond acceptors (Lipinski definition) is 0. The molecule has 0 nitrogen and oxygen atoms in total. The van der Waals surface area contributed by atoms with Crippen LogP contribution in [0.25, 0.3) is 43.1 Å². The van der Waals surface area contributed by atoms with Gasteiger partial charge in [-0.1, -0.05) is 188 Å². The Balaban J connectivity index is 1.94. The molecule has 0 aliphatic carbocycles. The number of hydrogen-bond donors (Lipinski definition) is 0. The molecule has 0 saturated heterocycles. The van der Waals surface area contributed by atoms with E-state index in [0.717, 1.165) is 0 Å². The molecule has 6 aromatic carbocycles. The van der Waals surface area contributed by atoms with Crippen molar-refractivity contribution in [3.8, 4) is 0 Å². The fraction of sp³-hybridized carbons (Fsp3) is 0.364. The van der Waals surface area contributed by atoms with Crippen molar-refractivity contribution in [1.82, 2.24) is 0 Å². The first kappa shape index (κ1) is 36.0. The Morgan fingerprint density at radius 2 is 0.580 bits per heavy atom. The summed E-state index contributed by atoms with van der Waals surface area (Å²) in [5, 5.41) is 15.7. The molecule has 0 spiro atoms. The summed E-state index contributed by atoms with van der Waals surface area (Å²) in [6.45, 7) is 33.7. The van der Waals surface area contributed by atoms with E-state index in [9.17, 15) is 0 Å². The number of fused-ring (bicyclic) bond motifs is 4. The summed E-state index contributed by atoms with van der Waals surface area (Å²) in [4.78, 5) is 0. The van der Waals surface area contributed by atoms with Crippen LogP contribution in [0.1, 0.15) is 12.8 Å². The van der Waals surface area contributed by atoms with Crippen molar-refractivity contribution in [3.05, 3.63) is 109 Å². The third-order valence-electron chi connectivity index (χ3n) is 13.1. The molecular weight excluding hydrogens is 697 g/mol. The van der Waals surface area contributed by atoms with Crippen molar-refractivity contribution in [1.29, 1.82) is 0 Å². The average Bonchev–Trinajstić information content (AvgIpc) is 3.03. The molecular formula is C44H58Si6. The zero-order valence-electron chi connectivity index (χ0n) is 32.8. The predicted octanol–water partition coefficient (Wildman–Crippen LogP) is 12.3. The molecule has 0 N–H and O–H groups in total. The molecule has 6 heteroatoms. The Hall–Kier alpha value is -2.34. The summed E-state index contributed by atoms with van der Waals surface area (Å²) in [5.74, 6) is 0. The molecule has 1 heterocycles. The van der Waals surface area contributed by atoms with Gasteiger partial charge in [0, 0.05) is 48.1 Å². The minimum Gasteiger partial charge on any atom is -0.0693 e. The van der Waals surface area contributed by atoms with Crippen LogP contribution in [-0.2, 0) is 0 Å². The molecule has 0 unspecified atom stereocenters. The maximum Gasteiger partial charge on any atom is 0.0485 e. The van der Waals surface area contributed by atoms with Crippen molar-refractivity contribution in [3.63, 3.8) is 0 Å². The fourth-order valence-corrected chi connectivity index (χ4v) is 75.9. The van der Waals surface area contributed by atoms with Gasteiger partial charge in [0.25, 0.3) is 0 Å². The van der Waals surface area contributed by atoms with Crippen molar-refractivity contribution in [2.24, 2.45) is 0 Å². The third-order valence-corrected chi connectivity index (χ3v) is 58.7. The summed E-state index contributed by atoms with van der Waals surface area (Å²) < 4.78 is 0.847. The Labute approximate surface area is 308 Å². The van der Waals surface area contributed by atoms with Crippen LogP contribution in [0.2, 0.25) is 87.1 Å². The van der Waals surface area contributed by atoms with E-state index in [1.165, 1.54) is 34.4 Å². The zero-order chi connectivity index (χ0) is 36.1. The monoisotopic (exact) mass is 754 g/mol. The quantitative estimate of drug-likeness (QED) is 0.117. The lowest BCUT2D eigenvalue weighted by atomic mass is 10.0. The first-order chi connectivity index (χ1) is 23.4.